The lowest BCUT2D eigenvalue weighted by Gasteiger charge is -2.11. The number of primary amides is 1. The fourth-order valence-corrected chi connectivity index (χ4v) is 2.89. The molecule has 0 saturated heterocycles. The number of ether oxygens (including phenoxy) is 1. The van der Waals surface area contributed by atoms with E-state index in [4.69, 9.17) is 10.5 Å². The Bertz CT molecular complexity index is 1150. The van der Waals surface area contributed by atoms with Gasteiger partial charge in [-0.15, -0.1) is 0 Å². The molecule has 0 aliphatic rings. The first-order valence-electron chi connectivity index (χ1n) is 9.75. The number of anilines is 1. The van der Waals surface area contributed by atoms with Crippen molar-refractivity contribution in [3.63, 3.8) is 0 Å². The molecule has 172 valence electrons. The zero-order valence-corrected chi connectivity index (χ0v) is 17.2. The fraction of sp³-hybridized carbons (Fsp3) is 0.174. The van der Waals surface area contributed by atoms with Gasteiger partial charge in [-0.2, -0.15) is 13.2 Å². The molecule has 33 heavy (non-hydrogen) atoms. The minimum atomic E-state index is -4.64. The number of alkyl halides is 3. The van der Waals surface area contributed by atoms with E-state index in [-0.39, 0.29) is 18.7 Å². The molecule has 0 aliphatic heterocycles. The second kappa shape index (κ2) is 10.1. The first-order valence-corrected chi connectivity index (χ1v) is 9.75. The summed E-state index contributed by atoms with van der Waals surface area (Å²) in [6.45, 7) is 0.188. The van der Waals surface area contributed by atoms with Crippen molar-refractivity contribution in [3.8, 4) is 5.75 Å². The molecule has 3 N–H and O–H groups in total. The molecule has 0 radical (unpaired) electrons. The summed E-state index contributed by atoms with van der Waals surface area (Å²) in [5.41, 5.74) is 5.25. The lowest BCUT2D eigenvalue weighted by molar-refractivity contribution is -0.137. The van der Waals surface area contributed by atoms with Gasteiger partial charge in [-0.3, -0.25) is 14.6 Å². The first kappa shape index (κ1) is 23.7. The summed E-state index contributed by atoms with van der Waals surface area (Å²) in [4.78, 5) is 27.1. The molecule has 2 aromatic carbocycles. The number of aryl methyl sites for hydroxylation is 1. The summed E-state index contributed by atoms with van der Waals surface area (Å²) in [6.07, 6.45) is -2.95. The summed E-state index contributed by atoms with van der Waals surface area (Å²) in [5, 5.41) is 2.18. The van der Waals surface area contributed by atoms with Crippen molar-refractivity contribution in [2.75, 3.05) is 5.32 Å². The highest BCUT2D eigenvalue weighted by Gasteiger charge is 2.31. The van der Waals surface area contributed by atoms with Crippen molar-refractivity contribution in [2.24, 2.45) is 5.73 Å². The predicted molar refractivity (Wildman–Crippen MR) is 112 cm³/mol. The Morgan fingerprint density at radius 2 is 1.73 bits per heavy atom. The Balaban J connectivity index is 1.52. The highest BCUT2D eigenvalue weighted by molar-refractivity contribution is 5.91. The molecular weight excluding hydrogens is 442 g/mol. The number of carbonyl (C=O) groups is 2. The standard InChI is InChI=1S/C23H19F4N3O3/c24-18-7-4-16(23(25,26)27)12-19(18)30-21(31)8-3-14-1-5-17(6-2-14)33-13-15-9-10-29-20(11-15)22(28)32/h1-2,4-7,9-12H,3,8,13H2,(H2,28,32)(H,30,31). The average molecular weight is 461 g/mol. The van der Waals surface area contributed by atoms with Crippen molar-refractivity contribution in [3.05, 3.63) is 89.0 Å². The zero-order chi connectivity index (χ0) is 24.0. The SMILES string of the molecule is NC(=O)c1cc(COc2ccc(CCC(=O)Nc3cc(C(F)(F)F)ccc3F)cc2)ccn1. The second-order valence-electron chi connectivity index (χ2n) is 7.09. The van der Waals surface area contributed by atoms with Crippen LogP contribution in [0.2, 0.25) is 0 Å². The number of nitrogens with one attached hydrogen (secondary N) is 1. The monoisotopic (exact) mass is 461 g/mol. The maximum Gasteiger partial charge on any atom is 0.416 e. The van der Waals surface area contributed by atoms with E-state index in [2.05, 4.69) is 10.3 Å². The van der Waals surface area contributed by atoms with Gasteiger partial charge < -0.3 is 15.8 Å². The van der Waals surface area contributed by atoms with Crippen LogP contribution >= 0.6 is 0 Å². The van der Waals surface area contributed by atoms with Gasteiger partial charge in [0.05, 0.1) is 11.3 Å². The number of nitrogens with zero attached hydrogens (tertiary/aromatic N) is 1. The third-order valence-corrected chi connectivity index (χ3v) is 4.61. The van der Waals surface area contributed by atoms with Crippen LogP contribution < -0.4 is 15.8 Å². The van der Waals surface area contributed by atoms with Gasteiger partial charge in [-0.05, 0) is 60.0 Å². The maximum atomic E-state index is 13.8. The molecule has 6 nitrogen and oxygen atoms in total. The van der Waals surface area contributed by atoms with Crippen molar-refractivity contribution >= 4 is 17.5 Å². The molecule has 3 aromatic rings. The van der Waals surface area contributed by atoms with Crippen molar-refractivity contribution in [2.45, 2.75) is 25.6 Å². The van der Waals surface area contributed by atoms with Gasteiger partial charge in [-0.1, -0.05) is 12.1 Å². The van der Waals surface area contributed by atoms with Crippen LogP contribution in [0.15, 0.2) is 60.8 Å². The summed E-state index contributed by atoms with van der Waals surface area (Å²) >= 11 is 0. The van der Waals surface area contributed by atoms with Gasteiger partial charge in [0, 0.05) is 12.6 Å². The Hall–Kier alpha value is -3.95. The summed E-state index contributed by atoms with van der Waals surface area (Å²) < 4.78 is 57.7. The Morgan fingerprint density at radius 1 is 1.00 bits per heavy atom. The lowest BCUT2D eigenvalue weighted by atomic mass is 10.1. The van der Waals surface area contributed by atoms with Gasteiger partial charge in [0.2, 0.25) is 5.91 Å². The van der Waals surface area contributed by atoms with E-state index >= 15 is 0 Å². The van der Waals surface area contributed by atoms with Crippen LogP contribution in [-0.2, 0) is 24.0 Å². The third-order valence-electron chi connectivity index (χ3n) is 4.61. The number of halogens is 4. The van der Waals surface area contributed by atoms with Gasteiger partial charge in [-0.25, -0.2) is 4.39 Å². The molecule has 10 heteroatoms. The highest BCUT2D eigenvalue weighted by atomic mass is 19.4. The van der Waals surface area contributed by atoms with Crippen LogP contribution in [-0.4, -0.2) is 16.8 Å². The van der Waals surface area contributed by atoms with Crippen molar-refractivity contribution in [1.82, 2.24) is 4.98 Å². The van der Waals surface area contributed by atoms with Gasteiger partial charge in [0.25, 0.3) is 5.91 Å². The summed E-state index contributed by atoms with van der Waals surface area (Å²) in [5.74, 6) is -1.65. The molecule has 3 rings (SSSR count). The Labute approximate surface area is 186 Å². The molecular formula is C23H19F4N3O3. The average Bonchev–Trinajstić information content (AvgIpc) is 2.78. The molecule has 0 spiro atoms. The van der Waals surface area contributed by atoms with Crippen LogP contribution in [0.3, 0.4) is 0 Å². The molecule has 0 atom stereocenters. The lowest BCUT2D eigenvalue weighted by Crippen LogP contribution is -2.15. The normalized spacial score (nSPS) is 11.2. The van der Waals surface area contributed by atoms with E-state index in [1.54, 1.807) is 30.3 Å². The Morgan fingerprint density at radius 3 is 2.39 bits per heavy atom. The zero-order valence-electron chi connectivity index (χ0n) is 17.2. The molecule has 0 aliphatic carbocycles. The number of aromatic nitrogens is 1. The number of nitrogens with two attached hydrogens (primary N) is 1. The van der Waals surface area contributed by atoms with E-state index in [1.165, 1.54) is 12.3 Å². The minimum absolute atomic E-state index is 0.0528. The smallest absolute Gasteiger partial charge is 0.416 e. The van der Waals surface area contributed by atoms with E-state index in [0.717, 1.165) is 5.56 Å². The van der Waals surface area contributed by atoms with E-state index in [1.807, 2.05) is 0 Å². The highest BCUT2D eigenvalue weighted by Crippen LogP contribution is 2.31. The summed E-state index contributed by atoms with van der Waals surface area (Å²) in [6, 6.07) is 11.9. The number of carbonyl (C=O) groups excluding carboxylic acids is 2. The quantitative estimate of drug-likeness (QED) is 0.484. The maximum absolute atomic E-state index is 13.8. The molecule has 0 fully saturated rings. The third kappa shape index (κ3) is 6.76. The molecule has 1 aromatic heterocycles. The number of rotatable bonds is 8. The topological polar surface area (TPSA) is 94.3 Å². The van der Waals surface area contributed by atoms with E-state index < -0.39 is 35.1 Å². The second-order valence-corrected chi connectivity index (χ2v) is 7.09. The molecule has 0 saturated carbocycles. The van der Waals surface area contributed by atoms with Crippen LogP contribution in [0.5, 0.6) is 5.75 Å². The van der Waals surface area contributed by atoms with E-state index in [0.29, 0.717) is 35.9 Å². The number of hydrogen-bond acceptors (Lipinski definition) is 4. The summed E-state index contributed by atoms with van der Waals surface area (Å²) in [7, 11) is 0. The minimum Gasteiger partial charge on any atom is -0.489 e. The molecule has 2 amide bonds. The van der Waals surface area contributed by atoms with Crippen LogP contribution in [0.25, 0.3) is 0 Å². The van der Waals surface area contributed by atoms with Gasteiger partial charge in [0.1, 0.15) is 23.9 Å². The van der Waals surface area contributed by atoms with Gasteiger partial charge in [0.15, 0.2) is 0 Å². The van der Waals surface area contributed by atoms with Crippen LogP contribution in [0.4, 0.5) is 23.2 Å². The number of pyridine rings is 1. The van der Waals surface area contributed by atoms with Crippen molar-refractivity contribution < 1.29 is 31.9 Å². The fourth-order valence-electron chi connectivity index (χ4n) is 2.89. The number of hydrogen-bond donors (Lipinski definition) is 2. The number of benzene rings is 2. The molecule has 1 heterocycles. The van der Waals surface area contributed by atoms with E-state index in [9.17, 15) is 27.2 Å². The van der Waals surface area contributed by atoms with Crippen LogP contribution in [0, 0.1) is 5.82 Å². The van der Waals surface area contributed by atoms with Gasteiger partial charge >= 0.3 is 6.18 Å². The van der Waals surface area contributed by atoms with Crippen LogP contribution in [0.1, 0.15) is 33.6 Å². The van der Waals surface area contributed by atoms with Crippen molar-refractivity contribution in [1.29, 1.82) is 0 Å². The molecule has 0 bridgehead atoms. The molecule has 0 unspecified atom stereocenters. The Kier molecular flexibility index (Phi) is 7.27. The predicted octanol–water partition coefficient (Wildman–Crippen LogP) is 4.49. The number of amides is 2. The first-order chi connectivity index (χ1) is 15.6. The largest absolute Gasteiger partial charge is 0.489 e.